The molecule has 0 spiro atoms. The highest BCUT2D eigenvalue weighted by molar-refractivity contribution is 5.77. The molecule has 98 valence electrons. The van der Waals surface area contributed by atoms with E-state index in [4.69, 9.17) is 5.73 Å². The molecule has 0 aromatic carbocycles. The van der Waals surface area contributed by atoms with Gasteiger partial charge in [-0.2, -0.15) is 0 Å². The molecule has 0 bridgehead atoms. The van der Waals surface area contributed by atoms with Crippen LogP contribution in [0.5, 0.6) is 0 Å². The summed E-state index contributed by atoms with van der Waals surface area (Å²) in [5.41, 5.74) is 6.11. The highest BCUT2D eigenvalue weighted by Gasteiger charge is 2.38. The van der Waals surface area contributed by atoms with Crippen molar-refractivity contribution in [2.24, 2.45) is 23.0 Å². The van der Waals surface area contributed by atoms with E-state index < -0.39 is 0 Å². The fraction of sp³-hybridized carbons (Fsp3) is 0.929. The Balaban J connectivity index is 1.91. The molecule has 3 nitrogen and oxygen atoms in total. The molecule has 17 heavy (non-hydrogen) atoms. The van der Waals surface area contributed by atoms with Crippen molar-refractivity contribution < 1.29 is 4.79 Å². The second kappa shape index (κ2) is 4.60. The molecule has 1 amide bonds. The van der Waals surface area contributed by atoms with Crippen LogP contribution in [0, 0.1) is 17.3 Å². The van der Waals surface area contributed by atoms with Gasteiger partial charge >= 0.3 is 0 Å². The van der Waals surface area contributed by atoms with Crippen molar-refractivity contribution in [2.45, 2.75) is 52.5 Å². The molecule has 1 saturated carbocycles. The number of carbonyl (C=O) groups is 1. The molecule has 2 aliphatic rings. The normalized spacial score (nSPS) is 33.6. The topological polar surface area (TPSA) is 46.3 Å². The number of hydrogen-bond acceptors (Lipinski definition) is 2. The largest absolute Gasteiger partial charge is 0.342 e. The number of hydrogen-bond donors (Lipinski definition) is 1. The molecule has 0 aromatic rings. The smallest absolute Gasteiger partial charge is 0.223 e. The van der Waals surface area contributed by atoms with E-state index in [1.807, 2.05) is 0 Å². The van der Waals surface area contributed by atoms with E-state index in [2.05, 4.69) is 25.7 Å². The van der Waals surface area contributed by atoms with Crippen molar-refractivity contribution in [2.75, 3.05) is 13.1 Å². The molecule has 1 aliphatic carbocycles. The highest BCUT2D eigenvalue weighted by atomic mass is 16.2. The standard InChI is InChI=1S/C14H26N2O/c1-14(2,3)7-13(17)16-8-10-4-5-12(15)6-11(10)9-16/h10-12H,4-9,15H2,1-3H3/t10-,11+,12?/m1/s1. The minimum Gasteiger partial charge on any atom is -0.342 e. The average Bonchev–Trinajstić information content (AvgIpc) is 2.57. The molecule has 0 radical (unpaired) electrons. The molecule has 2 fully saturated rings. The number of amides is 1. The van der Waals surface area contributed by atoms with Gasteiger partial charge in [-0.05, 0) is 36.5 Å². The van der Waals surface area contributed by atoms with E-state index in [9.17, 15) is 4.79 Å². The van der Waals surface area contributed by atoms with Gasteiger partial charge < -0.3 is 10.6 Å². The van der Waals surface area contributed by atoms with E-state index in [0.717, 1.165) is 31.8 Å². The van der Waals surface area contributed by atoms with Crippen LogP contribution in [0.15, 0.2) is 0 Å². The highest BCUT2D eigenvalue weighted by Crippen LogP contribution is 2.36. The second-order valence-corrected chi connectivity index (χ2v) is 7.13. The van der Waals surface area contributed by atoms with Crippen LogP contribution in [-0.2, 0) is 4.79 Å². The summed E-state index contributed by atoms with van der Waals surface area (Å²) in [4.78, 5) is 14.3. The van der Waals surface area contributed by atoms with Gasteiger partial charge in [-0.15, -0.1) is 0 Å². The van der Waals surface area contributed by atoms with Crippen LogP contribution in [0.25, 0.3) is 0 Å². The van der Waals surface area contributed by atoms with Crippen LogP contribution in [0.4, 0.5) is 0 Å². The number of likely N-dealkylation sites (tertiary alicyclic amines) is 1. The van der Waals surface area contributed by atoms with Crippen LogP contribution >= 0.6 is 0 Å². The molecule has 2 rings (SSSR count). The number of rotatable bonds is 1. The molecule has 1 unspecified atom stereocenters. The van der Waals surface area contributed by atoms with Gasteiger partial charge in [0.25, 0.3) is 0 Å². The monoisotopic (exact) mass is 238 g/mol. The second-order valence-electron chi connectivity index (χ2n) is 7.13. The lowest BCUT2D eigenvalue weighted by Crippen LogP contribution is -2.33. The van der Waals surface area contributed by atoms with Gasteiger partial charge in [0.05, 0.1) is 0 Å². The van der Waals surface area contributed by atoms with Gasteiger partial charge in [-0.25, -0.2) is 0 Å². The maximum atomic E-state index is 12.2. The molecule has 1 saturated heterocycles. The molecule has 3 heteroatoms. The maximum absolute atomic E-state index is 12.2. The predicted molar refractivity (Wildman–Crippen MR) is 69.5 cm³/mol. The summed E-state index contributed by atoms with van der Waals surface area (Å²) in [5, 5.41) is 0. The first kappa shape index (κ1) is 12.9. The minimum atomic E-state index is 0.0985. The van der Waals surface area contributed by atoms with Gasteiger partial charge in [0, 0.05) is 25.6 Å². The Kier molecular flexibility index (Phi) is 3.48. The van der Waals surface area contributed by atoms with Crippen LogP contribution in [0.3, 0.4) is 0 Å². The SMILES string of the molecule is CC(C)(C)CC(=O)N1C[C@H]2CCC(N)C[C@H]2C1. The van der Waals surface area contributed by atoms with Crippen LogP contribution in [0.2, 0.25) is 0 Å². The zero-order valence-corrected chi connectivity index (χ0v) is 11.4. The van der Waals surface area contributed by atoms with Gasteiger partial charge in [-0.1, -0.05) is 20.8 Å². The Morgan fingerprint density at radius 1 is 1.24 bits per heavy atom. The van der Waals surface area contributed by atoms with Gasteiger partial charge in [0.1, 0.15) is 0 Å². The van der Waals surface area contributed by atoms with Crippen molar-refractivity contribution in [1.29, 1.82) is 0 Å². The molecule has 1 heterocycles. The van der Waals surface area contributed by atoms with Crippen molar-refractivity contribution in [3.63, 3.8) is 0 Å². The number of fused-ring (bicyclic) bond motifs is 1. The van der Waals surface area contributed by atoms with Crippen LogP contribution < -0.4 is 5.73 Å². The third-order valence-electron chi connectivity index (χ3n) is 4.12. The molecular weight excluding hydrogens is 212 g/mol. The lowest BCUT2D eigenvalue weighted by molar-refractivity contribution is -0.132. The average molecular weight is 238 g/mol. The predicted octanol–water partition coefficient (Wildman–Crippen LogP) is 2.01. The first-order chi connectivity index (χ1) is 7.85. The zero-order valence-electron chi connectivity index (χ0n) is 11.4. The minimum absolute atomic E-state index is 0.0985. The molecule has 1 aliphatic heterocycles. The van der Waals surface area contributed by atoms with Gasteiger partial charge in [0.2, 0.25) is 5.91 Å². The third kappa shape index (κ3) is 3.21. The summed E-state index contributed by atoms with van der Waals surface area (Å²) < 4.78 is 0. The first-order valence-corrected chi connectivity index (χ1v) is 6.88. The van der Waals surface area contributed by atoms with E-state index in [-0.39, 0.29) is 5.41 Å². The summed E-state index contributed by atoms with van der Waals surface area (Å²) in [6.45, 7) is 8.32. The molecular formula is C14H26N2O. The van der Waals surface area contributed by atoms with E-state index in [1.54, 1.807) is 0 Å². The maximum Gasteiger partial charge on any atom is 0.223 e. The Hall–Kier alpha value is -0.570. The fourth-order valence-electron chi connectivity index (χ4n) is 3.24. The Labute approximate surface area is 105 Å². The van der Waals surface area contributed by atoms with E-state index >= 15 is 0 Å². The van der Waals surface area contributed by atoms with E-state index in [0.29, 0.717) is 24.3 Å². The number of nitrogens with zero attached hydrogens (tertiary/aromatic N) is 1. The summed E-state index contributed by atoms with van der Waals surface area (Å²) in [7, 11) is 0. The quantitative estimate of drug-likeness (QED) is 0.759. The van der Waals surface area contributed by atoms with Crippen molar-refractivity contribution in [3.05, 3.63) is 0 Å². The Morgan fingerprint density at radius 3 is 2.53 bits per heavy atom. The summed E-state index contributed by atoms with van der Waals surface area (Å²) in [6, 6.07) is 0.369. The fourth-order valence-corrected chi connectivity index (χ4v) is 3.24. The lowest BCUT2D eigenvalue weighted by Gasteiger charge is -2.27. The summed E-state index contributed by atoms with van der Waals surface area (Å²) >= 11 is 0. The number of nitrogens with two attached hydrogens (primary N) is 1. The molecule has 0 aromatic heterocycles. The molecule has 2 N–H and O–H groups in total. The number of carbonyl (C=O) groups excluding carboxylic acids is 1. The van der Waals surface area contributed by atoms with Crippen LogP contribution in [0.1, 0.15) is 46.5 Å². The van der Waals surface area contributed by atoms with Crippen molar-refractivity contribution in [1.82, 2.24) is 4.90 Å². The first-order valence-electron chi connectivity index (χ1n) is 6.88. The zero-order chi connectivity index (χ0) is 12.6. The van der Waals surface area contributed by atoms with Crippen LogP contribution in [-0.4, -0.2) is 29.9 Å². The molecule has 3 atom stereocenters. The summed E-state index contributed by atoms with van der Waals surface area (Å²) in [5.74, 6) is 1.72. The van der Waals surface area contributed by atoms with Crippen molar-refractivity contribution >= 4 is 5.91 Å². The Morgan fingerprint density at radius 2 is 1.88 bits per heavy atom. The summed E-state index contributed by atoms with van der Waals surface area (Å²) in [6.07, 6.45) is 4.13. The van der Waals surface area contributed by atoms with Gasteiger partial charge in [-0.3, -0.25) is 4.79 Å². The third-order valence-corrected chi connectivity index (χ3v) is 4.12. The Bertz CT molecular complexity index is 295. The lowest BCUT2D eigenvalue weighted by atomic mass is 9.79. The van der Waals surface area contributed by atoms with Crippen molar-refractivity contribution in [3.8, 4) is 0 Å². The van der Waals surface area contributed by atoms with E-state index in [1.165, 1.54) is 6.42 Å². The van der Waals surface area contributed by atoms with Gasteiger partial charge in [0.15, 0.2) is 0 Å².